The van der Waals surface area contributed by atoms with Gasteiger partial charge in [-0.3, -0.25) is 19.7 Å². The van der Waals surface area contributed by atoms with Crippen molar-refractivity contribution in [2.75, 3.05) is 125 Å². The lowest BCUT2D eigenvalue weighted by atomic mass is 9.99. The highest BCUT2D eigenvalue weighted by Crippen LogP contribution is 2.26. The molecule has 16 nitrogen and oxygen atoms in total. The number of carbonyl (C=O) groups is 2. The molecule has 560 valence electrons. The number of carbonyl (C=O) groups excluding carboxylic acids is 2. The van der Waals surface area contributed by atoms with E-state index in [-0.39, 0.29) is 23.4 Å². The van der Waals surface area contributed by atoms with E-state index in [0.29, 0.717) is 25.2 Å². The number of hydrogen-bond acceptors (Lipinski definition) is 15. The van der Waals surface area contributed by atoms with Crippen LogP contribution in [0.25, 0.3) is 0 Å². The van der Waals surface area contributed by atoms with Gasteiger partial charge >= 0.3 is 0 Å². The van der Waals surface area contributed by atoms with Crippen LogP contribution in [0.5, 0.6) is 28.7 Å². The SMILES string of the molecule is Brc1ccc(OCCCN2CCCCC2)cc1.CCC(=O)c1ccc(OCCCN2CCC(C)CC2)cc1.CCC(=O)c1ccc(OCCCN2CCCCC2C)cc1.CCOC(CC)c1ccc(OCCCN2CCCCC2C)cc1.O=[N+]([O-])c1ccc(OCCCN2CCCCC2)cc1. The Morgan fingerprint density at radius 3 is 1.12 bits per heavy atom. The Bertz CT molecular complexity index is 2960. The minimum absolute atomic E-state index is 0.0978. The zero-order valence-electron chi connectivity index (χ0n) is 63.0. The van der Waals surface area contributed by atoms with Gasteiger partial charge in [0.25, 0.3) is 5.69 Å². The van der Waals surface area contributed by atoms with Gasteiger partial charge < -0.3 is 52.9 Å². The molecule has 101 heavy (non-hydrogen) atoms. The number of ether oxygens (including phenoxy) is 6. The van der Waals surface area contributed by atoms with Gasteiger partial charge in [-0.05, 0) is 284 Å². The largest absolute Gasteiger partial charge is 0.494 e. The lowest BCUT2D eigenvalue weighted by molar-refractivity contribution is -0.384. The van der Waals surface area contributed by atoms with Crippen molar-refractivity contribution in [3.8, 4) is 28.7 Å². The zero-order chi connectivity index (χ0) is 72.1. The summed E-state index contributed by atoms with van der Waals surface area (Å²) in [6.45, 7) is 35.1. The number of halogens is 1. The van der Waals surface area contributed by atoms with Gasteiger partial charge in [0.05, 0.1) is 44.1 Å². The van der Waals surface area contributed by atoms with Crippen LogP contribution in [0.4, 0.5) is 5.69 Å². The van der Waals surface area contributed by atoms with Crippen LogP contribution >= 0.6 is 15.9 Å². The fourth-order valence-corrected chi connectivity index (χ4v) is 13.8. The normalized spacial score (nSPS) is 18.1. The van der Waals surface area contributed by atoms with Crippen molar-refractivity contribution in [1.82, 2.24) is 24.5 Å². The Hall–Kier alpha value is -5.92. The highest BCUT2D eigenvalue weighted by molar-refractivity contribution is 9.10. The first-order valence-corrected chi connectivity index (χ1v) is 39.8. The van der Waals surface area contributed by atoms with Crippen molar-refractivity contribution in [1.29, 1.82) is 0 Å². The quantitative estimate of drug-likeness (QED) is 0.0166. The van der Waals surface area contributed by atoms with Crippen LogP contribution in [-0.2, 0) is 4.74 Å². The number of non-ortho nitro benzene ring substituents is 1. The molecule has 3 atom stereocenters. The molecule has 0 amide bonds. The van der Waals surface area contributed by atoms with E-state index in [9.17, 15) is 19.7 Å². The smallest absolute Gasteiger partial charge is 0.269 e. The molecule has 0 aliphatic carbocycles. The van der Waals surface area contributed by atoms with E-state index in [1.54, 1.807) is 12.1 Å². The number of ketones is 2. The summed E-state index contributed by atoms with van der Waals surface area (Å²) in [5.74, 6) is 5.59. The number of benzene rings is 5. The first-order chi connectivity index (χ1) is 49.2. The van der Waals surface area contributed by atoms with Crippen molar-refractivity contribution in [2.45, 2.75) is 208 Å². The van der Waals surface area contributed by atoms with Gasteiger partial charge in [0, 0.05) is 92.0 Å². The van der Waals surface area contributed by atoms with Crippen LogP contribution in [0.1, 0.15) is 222 Å². The molecule has 0 spiro atoms. The Labute approximate surface area is 617 Å². The molecular formula is C84H127BrN6O10. The number of likely N-dealkylation sites (tertiary alicyclic amines) is 5. The monoisotopic (exact) mass is 1460 g/mol. The molecule has 17 heteroatoms. The topological polar surface area (TPSA) is 149 Å². The molecule has 5 heterocycles. The molecule has 5 aromatic carbocycles. The number of piperidine rings is 5. The van der Waals surface area contributed by atoms with Crippen LogP contribution in [0, 0.1) is 16.0 Å². The second-order valence-electron chi connectivity index (χ2n) is 27.8. The highest BCUT2D eigenvalue weighted by Gasteiger charge is 2.20. The summed E-state index contributed by atoms with van der Waals surface area (Å²) in [5.41, 5.74) is 2.88. The molecule has 5 aliphatic heterocycles. The number of nitro benzene ring substituents is 1. The van der Waals surface area contributed by atoms with Crippen molar-refractivity contribution >= 4 is 33.2 Å². The number of nitro groups is 1. The maximum Gasteiger partial charge on any atom is 0.269 e. The van der Waals surface area contributed by atoms with E-state index >= 15 is 0 Å². The van der Waals surface area contributed by atoms with E-state index in [2.05, 4.69) is 92.4 Å². The fourth-order valence-electron chi connectivity index (χ4n) is 13.5. The third-order valence-corrected chi connectivity index (χ3v) is 20.4. The molecule has 0 N–H and O–H groups in total. The van der Waals surface area contributed by atoms with Crippen LogP contribution in [0.15, 0.2) is 126 Å². The van der Waals surface area contributed by atoms with Gasteiger partial charge in [0.2, 0.25) is 0 Å². The van der Waals surface area contributed by atoms with E-state index in [0.717, 1.165) is 154 Å². The van der Waals surface area contributed by atoms with Gasteiger partial charge in [0.15, 0.2) is 11.6 Å². The summed E-state index contributed by atoms with van der Waals surface area (Å²) in [6.07, 6.45) is 26.5. The van der Waals surface area contributed by atoms with Crippen LogP contribution in [0.3, 0.4) is 0 Å². The first kappa shape index (κ1) is 84.0. The summed E-state index contributed by atoms with van der Waals surface area (Å²) >= 11 is 3.42. The molecule has 5 aliphatic rings. The fraction of sp³-hybridized carbons (Fsp3) is 0.619. The van der Waals surface area contributed by atoms with E-state index in [1.165, 1.54) is 166 Å². The zero-order valence-corrected chi connectivity index (χ0v) is 64.6. The summed E-state index contributed by atoms with van der Waals surface area (Å²) in [4.78, 5) is 45.9. The Kier molecular flexibility index (Phi) is 42.0. The molecule has 5 saturated heterocycles. The molecule has 3 unspecified atom stereocenters. The number of hydrogen-bond donors (Lipinski definition) is 0. The lowest BCUT2D eigenvalue weighted by Crippen LogP contribution is -2.38. The maximum atomic E-state index is 11.5. The Morgan fingerprint density at radius 2 is 0.772 bits per heavy atom. The minimum atomic E-state index is -0.403. The second kappa shape index (κ2) is 50.5. The highest BCUT2D eigenvalue weighted by atomic mass is 79.9. The number of nitrogens with zero attached hydrogens (tertiary/aromatic N) is 6. The molecule has 5 aromatic rings. The molecule has 5 fully saturated rings. The predicted molar refractivity (Wildman–Crippen MR) is 416 cm³/mol. The van der Waals surface area contributed by atoms with Crippen LogP contribution < -0.4 is 23.7 Å². The number of rotatable bonds is 34. The third-order valence-electron chi connectivity index (χ3n) is 19.9. The first-order valence-electron chi connectivity index (χ1n) is 39.0. The summed E-state index contributed by atoms with van der Waals surface area (Å²) in [6, 6.07) is 39.1. The van der Waals surface area contributed by atoms with Crippen molar-refractivity contribution in [2.24, 2.45) is 5.92 Å². The standard InChI is InChI=1S/C20H33NO2.2C18H27NO2.C14H20BrNO.C14H20N2O3/c1-4-20(22-5-2)18-10-12-19(13-11-18)23-16-8-15-21-14-7-6-9-17(21)3;1-3-18(20)16-5-7-17(8-6-16)21-14-4-11-19-12-9-15(2)10-13-19;1-3-18(20)16-8-10-17(11-9-16)21-14-6-13-19-12-5-4-7-15(19)2;15-13-5-7-14(8-6-13)17-12-4-11-16-9-2-1-3-10-16;17-16(18)13-5-7-14(8-6-13)19-12-4-11-15-9-2-1-3-10-15/h10-13,17,20H,4-9,14-16H2,1-3H3;5-8,15H,3-4,9-14H2,1-2H3;8-11,15H,3-7,12-14H2,1-2H3;5-8H,1-4,9-12H2;5-8H,1-4,9-12H2. The van der Waals surface area contributed by atoms with Gasteiger partial charge in [-0.15, -0.1) is 0 Å². The molecule has 0 bridgehead atoms. The maximum absolute atomic E-state index is 11.5. The minimum Gasteiger partial charge on any atom is -0.494 e. The molecule has 0 saturated carbocycles. The van der Waals surface area contributed by atoms with Gasteiger partial charge in [-0.2, -0.15) is 0 Å². The third kappa shape index (κ3) is 34.5. The van der Waals surface area contributed by atoms with Crippen molar-refractivity contribution in [3.05, 3.63) is 153 Å². The van der Waals surface area contributed by atoms with Gasteiger partial charge in [0.1, 0.15) is 28.7 Å². The average Bonchev–Trinajstić information content (AvgIpc) is 3.58. The van der Waals surface area contributed by atoms with E-state index in [1.807, 2.05) is 93.6 Å². The van der Waals surface area contributed by atoms with E-state index < -0.39 is 4.92 Å². The lowest BCUT2D eigenvalue weighted by Gasteiger charge is -2.33. The van der Waals surface area contributed by atoms with Crippen LogP contribution in [-0.4, -0.2) is 178 Å². The Morgan fingerprint density at radius 1 is 0.436 bits per heavy atom. The Balaban J connectivity index is 0.000000199. The molecule has 10 rings (SSSR count). The van der Waals surface area contributed by atoms with Crippen molar-refractivity contribution < 1.29 is 42.9 Å². The predicted octanol–water partition coefficient (Wildman–Crippen LogP) is 19.1. The summed E-state index contributed by atoms with van der Waals surface area (Å²) in [5, 5.41) is 10.5. The summed E-state index contributed by atoms with van der Waals surface area (Å²) in [7, 11) is 0. The van der Waals surface area contributed by atoms with E-state index in [4.69, 9.17) is 28.4 Å². The second-order valence-corrected chi connectivity index (χ2v) is 28.7. The summed E-state index contributed by atoms with van der Waals surface area (Å²) < 4.78 is 35.5. The molecule has 0 aromatic heterocycles. The van der Waals surface area contributed by atoms with Gasteiger partial charge in [-0.25, -0.2) is 0 Å². The molecule has 0 radical (unpaired) electrons. The molecular weight excluding hydrogens is 1330 g/mol. The van der Waals surface area contributed by atoms with Crippen LogP contribution in [0.2, 0.25) is 0 Å². The van der Waals surface area contributed by atoms with Crippen molar-refractivity contribution in [3.63, 3.8) is 0 Å². The van der Waals surface area contributed by atoms with Gasteiger partial charge in [-0.1, -0.05) is 81.4 Å². The number of Topliss-reactive ketones (excluding diaryl/α,β-unsaturated/α-hetero) is 2. The average molecular weight is 1460 g/mol.